The van der Waals surface area contributed by atoms with Gasteiger partial charge in [-0.2, -0.15) is 13.2 Å². The topological polar surface area (TPSA) is 64.0 Å². The van der Waals surface area contributed by atoms with Crippen LogP contribution in [0.25, 0.3) is 0 Å². The van der Waals surface area contributed by atoms with E-state index in [2.05, 4.69) is 51.0 Å². The molecule has 3 unspecified atom stereocenters. The minimum Gasteiger partial charge on any atom is -0.364 e. The largest absolute Gasteiger partial charge is 0.416 e. The fourth-order valence-electron chi connectivity index (χ4n) is 5.02. The van der Waals surface area contributed by atoms with Gasteiger partial charge in [-0.3, -0.25) is 0 Å². The van der Waals surface area contributed by atoms with Gasteiger partial charge in [0.2, 0.25) is 0 Å². The fourth-order valence-corrected chi connectivity index (χ4v) is 5.02. The average molecular weight is 497 g/mol. The van der Waals surface area contributed by atoms with Crippen molar-refractivity contribution in [1.29, 1.82) is 0 Å². The Labute approximate surface area is 209 Å². The van der Waals surface area contributed by atoms with Crippen LogP contribution in [-0.4, -0.2) is 49.3 Å². The van der Waals surface area contributed by atoms with Gasteiger partial charge >= 0.3 is 6.18 Å². The van der Waals surface area contributed by atoms with E-state index in [4.69, 9.17) is 4.99 Å². The molecule has 0 spiro atoms. The normalized spacial score (nSPS) is 25.1. The second-order valence-corrected chi connectivity index (χ2v) is 9.47. The molecule has 0 aliphatic carbocycles. The van der Waals surface area contributed by atoms with Crippen LogP contribution in [0.5, 0.6) is 0 Å². The van der Waals surface area contributed by atoms with Gasteiger partial charge in [-0.1, -0.05) is 42.5 Å². The van der Waals surface area contributed by atoms with Crippen molar-refractivity contribution >= 4 is 12.2 Å². The van der Waals surface area contributed by atoms with E-state index in [1.807, 2.05) is 24.4 Å². The van der Waals surface area contributed by atoms with Gasteiger partial charge in [-0.25, -0.2) is 9.98 Å². The van der Waals surface area contributed by atoms with Crippen molar-refractivity contribution in [3.63, 3.8) is 0 Å². The van der Waals surface area contributed by atoms with Crippen LogP contribution >= 0.6 is 0 Å². The number of halogens is 3. The number of aliphatic imine (C=N–C) groups is 2. The lowest BCUT2D eigenvalue weighted by molar-refractivity contribution is -0.137. The highest BCUT2D eigenvalue weighted by Crippen LogP contribution is 2.37. The second kappa shape index (κ2) is 10.3. The van der Waals surface area contributed by atoms with Crippen molar-refractivity contribution in [1.82, 2.24) is 20.9 Å². The van der Waals surface area contributed by atoms with Gasteiger partial charge in [0.15, 0.2) is 5.96 Å². The molecular formula is C27H31F3N6. The number of alkyl halides is 3. The molecule has 6 nitrogen and oxygen atoms in total. The molecular weight excluding hydrogens is 465 g/mol. The maximum atomic E-state index is 13.5. The molecule has 0 aromatic heterocycles. The molecule has 190 valence electrons. The number of benzene rings is 2. The summed E-state index contributed by atoms with van der Waals surface area (Å²) in [6.07, 6.45) is 0.263. The summed E-state index contributed by atoms with van der Waals surface area (Å²) in [6.45, 7) is 5.39. The maximum Gasteiger partial charge on any atom is 0.416 e. The van der Waals surface area contributed by atoms with Crippen LogP contribution in [0.4, 0.5) is 13.2 Å². The van der Waals surface area contributed by atoms with E-state index in [-0.39, 0.29) is 18.0 Å². The average Bonchev–Trinajstić information content (AvgIpc) is 3.35. The smallest absolute Gasteiger partial charge is 0.364 e. The van der Waals surface area contributed by atoms with Crippen LogP contribution in [0.3, 0.4) is 0 Å². The molecule has 1 fully saturated rings. The predicted octanol–water partition coefficient (Wildman–Crippen LogP) is 4.26. The zero-order valence-corrected chi connectivity index (χ0v) is 20.2. The molecule has 3 heterocycles. The van der Waals surface area contributed by atoms with E-state index >= 15 is 0 Å². The number of guanidine groups is 1. The number of piperazine rings is 1. The van der Waals surface area contributed by atoms with E-state index < -0.39 is 17.8 Å². The van der Waals surface area contributed by atoms with Crippen molar-refractivity contribution in [3.8, 4) is 0 Å². The summed E-state index contributed by atoms with van der Waals surface area (Å²) < 4.78 is 40.5. The molecule has 0 bridgehead atoms. The summed E-state index contributed by atoms with van der Waals surface area (Å²) >= 11 is 0. The molecule has 3 N–H and O–H groups in total. The lowest BCUT2D eigenvalue weighted by atomic mass is 9.86. The number of hydrogen-bond acceptors (Lipinski definition) is 6. The molecule has 1 saturated heterocycles. The summed E-state index contributed by atoms with van der Waals surface area (Å²) in [4.78, 5) is 11.7. The Morgan fingerprint density at radius 3 is 2.58 bits per heavy atom. The molecule has 36 heavy (non-hydrogen) atoms. The Bertz CT molecular complexity index is 1140. The molecule has 9 heteroatoms. The highest BCUT2D eigenvalue weighted by atomic mass is 19.4. The lowest BCUT2D eigenvalue weighted by Crippen LogP contribution is -2.52. The van der Waals surface area contributed by atoms with Crippen molar-refractivity contribution in [3.05, 3.63) is 83.2 Å². The summed E-state index contributed by atoms with van der Waals surface area (Å²) in [5, 5.41) is 10.4. The quantitative estimate of drug-likeness (QED) is 0.579. The minimum absolute atomic E-state index is 0.0108. The summed E-state index contributed by atoms with van der Waals surface area (Å²) in [6, 6.07) is 15.1. The molecule has 0 radical (unpaired) electrons. The van der Waals surface area contributed by atoms with Crippen molar-refractivity contribution in [2.45, 2.75) is 37.6 Å². The first kappa shape index (κ1) is 24.4. The summed E-state index contributed by atoms with van der Waals surface area (Å²) in [5.41, 5.74) is 1.07. The van der Waals surface area contributed by atoms with Crippen LogP contribution < -0.4 is 16.0 Å². The molecule has 3 aliphatic heterocycles. The number of rotatable bonds is 5. The third-order valence-corrected chi connectivity index (χ3v) is 6.97. The highest BCUT2D eigenvalue weighted by Gasteiger charge is 2.39. The molecule has 4 atom stereocenters. The summed E-state index contributed by atoms with van der Waals surface area (Å²) in [7, 11) is 0. The molecule has 0 amide bonds. The van der Waals surface area contributed by atoms with Crippen LogP contribution in [-0.2, 0) is 6.18 Å². The van der Waals surface area contributed by atoms with Crippen molar-refractivity contribution < 1.29 is 13.2 Å². The van der Waals surface area contributed by atoms with E-state index in [0.29, 0.717) is 12.0 Å². The van der Waals surface area contributed by atoms with Gasteiger partial charge in [0, 0.05) is 44.4 Å². The van der Waals surface area contributed by atoms with Crippen molar-refractivity contribution in [2.75, 3.05) is 26.2 Å². The van der Waals surface area contributed by atoms with Gasteiger partial charge in [0.05, 0.1) is 17.6 Å². The number of nitrogens with zero attached hydrogens (tertiary/aromatic N) is 3. The Morgan fingerprint density at radius 1 is 1.06 bits per heavy atom. The second-order valence-electron chi connectivity index (χ2n) is 9.47. The Balaban J connectivity index is 1.41. The lowest BCUT2D eigenvalue weighted by Gasteiger charge is -2.31. The van der Waals surface area contributed by atoms with Crippen LogP contribution in [0.2, 0.25) is 0 Å². The Kier molecular flexibility index (Phi) is 7.00. The van der Waals surface area contributed by atoms with Crippen LogP contribution in [0.15, 0.2) is 76.5 Å². The first-order valence-corrected chi connectivity index (χ1v) is 12.4. The molecule has 3 aliphatic rings. The fraction of sp³-hybridized carbons (Fsp3) is 0.407. The maximum absolute atomic E-state index is 13.5. The zero-order chi connectivity index (χ0) is 25.1. The Hall–Kier alpha value is -3.33. The molecule has 2 aromatic carbocycles. The number of hydrogen-bond donors (Lipinski definition) is 3. The minimum atomic E-state index is -4.40. The molecule has 5 rings (SSSR count). The molecule has 2 aromatic rings. The SMILES string of the molecule is C[C@@H](NC1=CC(C2NC(N3CCNCC3)=NC2c2cccc(C(F)(F)F)c2)CC=N1)c1ccccc1. The van der Waals surface area contributed by atoms with Gasteiger partial charge in [0.1, 0.15) is 5.82 Å². The monoisotopic (exact) mass is 496 g/mol. The zero-order valence-electron chi connectivity index (χ0n) is 20.2. The first-order chi connectivity index (χ1) is 17.4. The van der Waals surface area contributed by atoms with E-state index in [1.165, 1.54) is 12.1 Å². The van der Waals surface area contributed by atoms with Crippen LogP contribution in [0.1, 0.15) is 42.1 Å². The van der Waals surface area contributed by atoms with Gasteiger partial charge in [-0.15, -0.1) is 0 Å². The van der Waals surface area contributed by atoms with E-state index in [1.54, 1.807) is 6.07 Å². The molecule has 0 saturated carbocycles. The third-order valence-electron chi connectivity index (χ3n) is 6.97. The van der Waals surface area contributed by atoms with Crippen LogP contribution in [0, 0.1) is 5.92 Å². The van der Waals surface area contributed by atoms with Gasteiger partial charge in [0.25, 0.3) is 0 Å². The predicted molar refractivity (Wildman–Crippen MR) is 136 cm³/mol. The summed E-state index contributed by atoms with van der Waals surface area (Å²) in [5.74, 6) is 1.53. The first-order valence-electron chi connectivity index (χ1n) is 12.4. The number of nitrogens with one attached hydrogen (secondary N) is 3. The Morgan fingerprint density at radius 2 is 1.83 bits per heavy atom. The standard InChI is InChI=1S/C27H31F3N6/c1-18(19-6-3-2-4-7-19)33-23-17-21(10-11-32-23)25-24(20-8-5-9-22(16-20)27(28,29)30)34-26(35-25)36-14-12-31-13-15-36/h2-9,11,16-18,21,24-25,31,33H,10,12-15H2,1H3,(H,34,35)/t18-,21?,24?,25?/m1/s1. The van der Waals surface area contributed by atoms with E-state index in [0.717, 1.165) is 49.6 Å². The highest BCUT2D eigenvalue weighted by molar-refractivity contribution is 5.83. The van der Waals surface area contributed by atoms with Gasteiger partial charge < -0.3 is 20.9 Å². The van der Waals surface area contributed by atoms with Gasteiger partial charge in [-0.05, 0) is 42.7 Å². The third kappa shape index (κ3) is 5.41. The van der Waals surface area contributed by atoms with E-state index in [9.17, 15) is 13.2 Å². The van der Waals surface area contributed by atoms with Crippen molar-refractivity contribution in [2.24, 2.45) is 15.9 Å².